The molecule has 4 heteroatoms. The number of hydrogen-bond donors (Lipinski definition) is 1. The Balaban J connectivity index is 2.75. The van der Waals surface area contributed by atoms with Gasteiger partial charge < -0.3 is 9.84 Å². The van der Waals surface area contributed by atoms with Crippen molar-refractivity contribution < 1.29 is 14.6 Å². The Kier molecular flexibility index (Phi) is 2.11. The van der Waals surface area contributed by atoms with Gasteiger partial charge in [0.25, 0.3) is 0 Å². The lowest BCUT2D eigenvalue weighted by Gasteiger charge is -2.01. The second kappa shape index (κ2) is 3.31. The number of nitrogens with zero attached hydrogens (tertiary/aromatic N) is 1. The monoisotopic (exact) mass is 205 g/mol. The van der Waals surface area contributed by atoms with E-state index in [0.717, 1.165) is 10.9 Å². The van der Waals surface area contributed by atoms with Crippen LogP contribution in [0.4, 0.5) is 4.79 Å². The van der Waals surface area contributed by atoms with Gasteiger partial charge in [0.2, 0.25) is 0 Å². The first-order chi connectivity index (χ1) is 7.13. The molecule has 0 bridgehead atoms. The number of carbonyl (C=O) groups excluding carboxylic acids is 1. The molecule has 0 spiro atoms. The van der Waals surface area contributed by atoms with Gasteiger partial charge in [-0.15, -0.1) is 0 Å². The smallest absolute Gasteiger partial charge is 0.418 e. The minimum atomic E-state index is -0.460. The summed E-state index contributed by atoms with van der Waals surface area (Å²) in [6.45, 7) is 1.90. The zero-order chi connectivity index (χ0) is 11.0. The van der Waals surface area contributed by atoms with Crippen molar-refractivity contribution >= 4 is 17.0 Å². The van der Waals surface area contributed by atoms with E-state index in [4.69, 9.17) is 0 Å². The number of benzene rings is 1. The van der Waals surface area contributed by atoms with E-state index >= 15 is 0 Å². The summed E-state index contributed by atoms with van der Waals surface area (Å²) in [7, 11) is 1.33. The van der Waals surface area contributed by atoms with Crippen LogP contribution in [-0.2, 0) is 4.74 Å². The third-order valence-corrected chi connectivity index (χ3v) is 2.36. The van der Waals surface area contributed by atoms with Crippen LogP contribution in [0.1, 0.15) is 5.56 Å². The van der Waals surface area contributed by atoms with Crippen molar-refractivity contribution in [1.29, 1.82) is 0 Å². The maximum absolute atomic E-state index is 11.4. The number of hydrogen-bond acceptors (Lipinski definition) is 3. The first-order valence-electron chi connectivity index (χ1n) is 4.52. The Hall–Kier alpha value is -1.97. The zero-order valence-electron chi connectivity index (χ0n) is 8.52. The molecule has 0 saturated heterocycles. The van der Waals surface area contributed by atoms with E-state index in [9.17, 15) is 9.90 Å². The highest BCUT2D eigenvalue weighted by molar-refractivity contribution is 5.92. The molecule has 78 valence electrons. The van der Waals surface area contributed by atoms with Crippen molar-refractivity contribution in [3.63, 3.8) is 0 Å². The molecular formula is C11H11NO3. The molecule has 0 aliphatic heterocycles. The van der Waals surface area contributed by atoms with E-state index in [2.05, 4.69) is 4.74 Å². The summed E-state index contributed by atoms with van der Waals surface area (Å²) in [6, 6.07) is 4.91. The van der Waals surface area contributed by atoms with Crippen molar-refractivity contribution in [3.05, 3.63) is 30.0 Å². The fourth-order valence-corrected chi connectivity index (χ4v) is 1.63. The van der Waals surface area contributed by atoms with E-state index in [-0.39, 0.29) is 5.75 Å². The van der Waals surface area contributed by atoms with Crippen LogP contribution >= 0.6 is 0 Å². The Bertz CT molecular complexity index is 528. The van der Waals surface area contributed by atoms with Crippen LogP contribution in [0, 0.1) is 6.92 Å². The first kappa shape index (κ1) is 9.58. The van der Waals surface area contributed by atoms with Crippen molar-refractivity contribution in [2.75, 3.05) is 7.11 Å². The van der Waals surface area contributed by atoms with E-state index in [0.29, 0.717) is 5.52 Å². The maximum Gasteiger partial charge on any atom is 0.418 e. The highest BCUT2D eigenvalue weighted by Gasteiger charge is 2.11. The normalized spacial score (nSPS) is 10.5. The van der Waals surface area contributed by atoms with Crippen molar-refractivity contribution in [2.45, 2.75) is 6.92 Å². The molecule has 2 rings (SSSR count). The molecule has 1 N–H and O–H groups in total. The molecule has 0 aliphatic rings. The summed E-state index contributed by atoms with van der Waals surface area (Å²) in [5.74, 6) is 0.130. The topological polar surface area (TPSA) is 51.5 Å². The van der Waals surface area contributed by atoms with E-state index in [1.807, 2.05) is 6.92 Å². The van der Waals surface area contributed by atoms with Gasteiger partial charge in [0.1, 0.15) is 5.75 Å². The van der Waals surface area contributed by atoms with Crippen LogP contribution in [0.15, 0.2) is 24.4 Å². The molecule has 0 fully saturated rings. The largest absolute Gasteiger partial charge is 0.508 e. The lowest BCUT2D eigenvalue weighted by atomic mass is 10.2. The number of carbonyl (C=O) groups is 1. The predicted molar refractivity (Wildman–Crippen MR) is 56.1 cm³/mol. The van der Waals surface area contributed by atoms with E-state index in [1.165, 1.54) is 11.7 Å². The van der Waals surface area contributed by atoms with Gasteiger partial charge in [-0.25, -0.2) is 4.79 Å². The van der Waals surface area contributed by atoms with Crippen LogP contribution in [0.25, 0.3) is 10.9 Å². The van der Waals surface area contributed by atoms with E-state index in [1.54, 1.807) is 24.4 Å². The number of aromatic nitrogens is 1. The van der Waals surface area contributed by atoms with Crippen LogP contribution in [0.3, 0.4) is 0 Å². The Morgan fingerprint density at radius 1 is 1.47 bits per heavy atom. The van der Waals surface area contributed by atoms with Gasteiger partial charge in [-0.2, -0.15) is 0 Å². The second-order valence-electron chi connectivity index (χ2n) is 3.35. The summed E-state index contributed by atoms with van der Waals surface area (Å²) in [5, 5.41) is 10.3. The minimum absolute atomic E-state index is 0.130. The van der Waals surface area contributed by atoms with Crippen LogP contribution in [0.2, 0.25) is 0 Å². The van der Waals surface area contributed by atoms with Crippen LogP contribution in [-0.4, -0.2) is 22.9 Å². The molecule has 1 aromatic carbocycles. The number of methoxy groups -OCH3 is 1. The molecule has 0 radical (unpaired) electrons. The maximum atomic E-state index is 11.4. The number of aryl methyl sites for hydroxylation is 1. The fraction of sp³-hybridized carbons (Fsp3) is 0.182. The van der Waals surface area contributed by atoms with Gasteiger partial charge in [-0.05, 0) is 24.6 Å². The van der Waals surface area contributed by atoms with Gasteiger partial charge in [-0.1, -0.05) is 0 Å². The molecule has 2 aromatic rings. The van der Waals surface area contributed by atoms with Gasteiger partial charge >= 0.3 is 6.09 Å². The summed E-state index contributed by atoms with van der Waals surface area (Å²) >= 11 is 0. The van der Waals surface area contributed by atoms with Gasteiger partial charge in [0.15, 0.2) is 0 Å². The molecule has 0 atom stereocenters. The standard InChI is InChI=1S/C11H11NO3/c1-7-6-12(11(14)15-2)10-5-8(13)3-4-9(7)10/h3-6,13H,1-2H3. The Labute approximate surface area is 86.7 Å². The number of phenols is 1. The van der Waals surface area contributed by atoms with Crippen molar-refractivity contribution in [3.8, 4) is 5.75 Å². The zero-order valence-corrected chi connectivity index (χ0v) is 8.52. The highest BCUT2D eigenvalue weighted by atomic mass is 16.5. The second-order valence-corrected chi connectivity index (χ2v) is 3.35. The van der Waals surface area contributed by atoms with Gasteiger partial charge in [0, 0.05) is 17.6 Å². The SMILES string of the molecule is COC(=O)n1cc(C)c2ccc(O)cc21. The number of phenolic OH excluding ortho intramolecular Hbond substituents is 1. The van der Waals surface area contributed by atoms with E-state index < -0.39 is 6.09 Å². The molecule has 0 aliphatic carbocycles. The summed E-state index contributed by atoms with van der Waals surface area (Å²) in [6.07, 6.45) is 1.23. The van der Waals surface area contributed by atoms with Gasteiger partial charge in [0.05, 0.1) is 12.6 Å². The van der Waals surface area contributed by atoms with Crippen LogP contribution in [0.5, 0.6) is 5.75 Å². The molecule has 0 saturated carbocycles. The fourth-order valence-electron chi connectivity index (χ4n) is 1.63. The third kappa shape index (κ3) is 1.44. The number of ether oxygens (including phenoxy) is 1. The molecule has 15 heavy (non-hydrogen) atoms. The average molecular weight is 205 g/mol. The minimum Gasteiger partial charge on any atom is -0.508 e. The number of rotatable bonds is 0. The van der Waals surface area contributed by atoms with Crippen molar-refractivity contribution in [1.82, 2.24) is 4.57 Å². The van der Waals surface area contributed by atoms with Gasteiger partial charge in [-0.3, -0.25) is 4.57 Å². The Morgan fingerprint density at radius 2 is 2.20 bits per heavy atom. The number of aromatic hydroxyl groups is 1. The third-order valence-electron chi connectivity index (χ3n) is 2.36. The molecular weight excluding hydrogens is 194 g/mol. The molecule has 0 amide bonds. The lowest BCUT2D eigenvalue weighted by Crippen LogP contribution is -2.09. The summed E-state index contributed by atoms with van der Waals surface area (Å²) in [5.41, 5.74) is 1.62. The lowest BCUT2D eigenvalue weighted by molar-refractivity contribution is 0.174. The molecule has 0 unspecified atom stereocenters. The highest BCUT2D eigenvalue weighted by Crippen LogP contribution is 2.24. The molecule has 4 nitrogen and oxygen atoms in total. The quantitative estimate of drug-likeness (QED) is 0.717. The Morgan fingerprint density at radius 3 is 2.87 bits per heavy atom. The molecule has 1 heterocycles. The predicted octanol–water partition coefficient (Wildman–Crippen LogP) is 2.27. The summed E-state index contributed by atoms with van der Waals surface area (Å²) in [4.78, 5) is 11.4. The summed E-state index contributed by atoms with van der Waals surface area (Å²) < 4.78 is 6.02. The molecule has 1 aromatic heterocycles. The number of fused-ring (bicyclic) bond motifs is 1. The first-order valence-corrected chi connectivity index (χ1v) is 4.52. The van der Waals surface area contributed by atoms with Crippen LogP contribution < -0.4 is 0 Å². The average Bonchev–Trinajstić information content (AvgIpc) is 2.54. The van der Waals surface area contributed by atoms with Crippen molar-refractivity contribution in [2.24, 2.45) is 0 Å².